The monoisotopic (exact) mass is 263 g/mol. The highest BCUT2D eigenvalue weighted by Gasteiger charge is 2.15. The van der Waals surface area contributed by atoms with Crippen LogP contribution >= 0.6 is 0 Å². The van der Waals surface area contributed by atoms with E-state index in [2.05, 4.69) is 17.9 Å². The van der Waals surface area contributed by atoms with Gasteiger partial charge in [-0.15, -0.1) is 0 Å². The van der Waals surface area contributed by atoms with Gasteiger partial charge in [0.1, 0.15) is 18.5 Å². The Morgan fingerprint density at radius 2 is 1.95 bits per heavy atom. The topological polar surface area (TPSA) is 32.7 Å². The molecule has 1 aliphatic rings. The van der Waals surface area contributed by atoms with Crippen molar-refractivity contribution in [2.45, 2.75) is 39.2 Å². The fraction of sp³-hybridized carbons (Fsp3) is 0.625. The molecular formula is C16H25NO2. The number of aliphatic hydroxyl groups is 1. The maximum Gasteiger partial charge on any atom is 0.122 e. The number of nitrogens with zero attached hydrogens (tertiary/aromatic N) is 1. The molecule has 1 aliphatic heterocycles. The predicted octanol–water partition coefficient (Wildman–Crippen LogP) is 2.53. The zero-order valence-corrected chi connectivity index (χ0v) is 12.1. The molecule has 2 rings (SSSR count). The van der Waals surface area contributed by atoms with Crippen molar-refractivity contribution < 1.29 is 9.84 Å². The van der Waals surface area contributed by atoms with Crippen molar-refractivity contribution in [3.05, 3.63) is 29.3 Å². The molecule has 1 N–H and O–H groups in total. The first-order chi connectivity index (χ1) is 9.15. The minimum Gasteiger partial charge on any atom is -0.491 e. The number of likely N-dealkylation sites (tertiary alicyclic amines) is 1. The zero-order valence-electron chi connectivity index (χ0n) is 12.1. The number of β-amino-alcohol motifs (C(OH)–C–C–N with tert-alkyl or cyclic N) is 1. The molecule has 3 heteroatoms. The highest BCUT2D eigenvalue weighted by atomic mass is 16.5. The standard InChI is InChI=1S/C16H25NO2/c1-13-6-7-16(14(2)10-13)19-12-15(18)11-17-8-4-3-5-9-17/h6-7,10,15,18H,3-5,8-9,11-12H2,1-2H3/t15-/m1/s1. The summed E-state index contributed by atoms with van der Waals surface area (Å²) in [6, 6.07) is 6.13. The molecule has 106 valence electrons. The molecule has 1 fully saturated rings. The van der Waals surface area contributed by atoms with Crippen LogP contribution in [0.2, 0.25) is 0 Å². The Bertz CT molecular complexity index is 400. The van der Waals surface area contributed by atoms with E-state index in [4.69, 9.17) is 4.74 Å². The second-order valence-corrected chi connectivity index (χ2v) is 5.60. The van der Waals surface area contributed by atoms with Crippen LogP contribution < -0.4 is 4.74 Å². The highest BCUT2D eigenvalue weighted by molar-refractivity contribution is 5.35. The lowest BCUT2D eigenvalue weighted by Gasteiger charge is -2.28. The molecule has 0 spiro atoms. The number of rotatable bonds is 5. The Balaban J connectivity index is 1.77. The fourth-order valence-corrected chi connectivity index (χ4v) is 2.64. The van der Waals surface area contributed by atoms with Crippen LogP contribution in [0.3, 0.4) is 0 Å². The summed E-state index contributed by atoms with van der Waals surface area (Å²) in [4.78, 5) is 2.33. The first-order valence-electron chi connectivity index (χ1n) is 7.25. The number of ether oxygens (including phenoxy) is 1. The van der Waals surface area contributed by atoms with Gasteiger partial charge in [-0.3, -0.25) is 0 Å². The SMILES string of the molecule is Cc1ccc(OC[C@H](O)CN2CCCCC2)c(C)c1. The van der Waals surface area contributed by atoms with E-state index in [1.54, 1.807) is 0 Å². The molecule has 0 aliphatic carbocycles. The number of piperidine rings is 1. The first kappa shape index (κ1) is 14.4. The van der Waals surface area contributed by atoms with Gasteiger partial charge in [0.2, 0.25) is 0 Å². The second kappa shape index (κ2) is 6.92. The van der Waals surface area contributed by atoms with Crippen molar-refractivity contribution in [3.63, 3.8) is 0 Å². The number of aryl methyl sites for hydroxylation is 2. The molecule has 0 bridgehead atoms. The number of benzene rings is 1. The molecule has 1 aromatic carbocycles. The van der Waals surface area contributed by atoms with E-state index in [1.165, 1.54) is 24.8 Å². The molecule has 3 nitrogen and oxygen atoms in total. The van der Waals surface area contributed by atoms with Crippen molar-refractivity contribution in [2.24, 2.45) is 0 Å². The third-order valence-corrected chi connectivity index (χ3v) is 3.68. The molecule has 1 saturated heterocycles. The van der Waals surface area contributed by atoms with Crippen LogP contribution in [0.1, 0.15) is 30.4 Å². The predicted molar refractivity (Wildman–Crippen MR) is 77.7 cm³/mol. The van der Waals surface area contributed by atoms with Crippen LogP contribution in [0.25, 0.3) is 0 Å². The van der Waals surface area contributed by atoms with Gasteiger partial charge in [0.15, 0.2) is 0 Å². The lowest BCUT2D eigenvalue weighted by atomic mass is 10.1. The highest BCUT2D eigenvalue weighted by Crippen LogP contribution is 2.19. The van der Waals surface area contributed by atoms with E-state index in [-0.39, 0.29) is 0 Å². The average Bonchev–Trinajstić information content (AvgIpc) is 2.39. The van der Waals surface area contributed by atoms with E-state index in [1.807, 2.05) is 19.1 Å². The Hall–Kier alpha value is -1.06. The molecule has 0 aromatic heterocycles. The number of hydrogen-bond acceptors (Lipinski definition) is 3. The average molecular weight is 263 g/mol. The Labute approximate surface area is 116 Å². The van der Waals surface area contributed by atoms with Gasteiger partial charge in [0.25, 0.3) is 0 Å². The summed E-state index contributed by atoms with van der Waals surface area (Å²) in [5.41, 5.74) is 2.36. The van der Waals surface area contributed by atoms with Gasteiger partial charge < -0.3 is 14.7 Å². The van der Waals surface area contributed by atoms with Gasteiger partial charge in [0.05, 0.1) is 0 Å². The van der Waals surface area contributed by atoms with Gasteiger partial charge in [-0.25, -0.2) is 0 Å². The van der Waals surface area contributed by atoms with Gasteiger partial charge >= 0.3 is 0 Å². The second-order valence-electron chi connectivity index (χ2n) is 5.60. The Kier molecular flexibility index (Phi) is 5.23. The van der Waals surface area contributed by atoms with Gasteiger partial charge in [0, 0.05) is 6.54 Å². The Morgan fingerprint density at radius 1 is 1.21 bits per heavy atom. The van der Waals surface area contributed by atoms with Crippen molar-refractivity contribution >= 4 is 0 Å². The fourth-order valence-electron chi connectivity index (χ4n) is 2.64. The number of hydrogen-bond donors (Lipinski definition) is 1. The molecule has 0 amide bonds. The Morgan fingerprint density at radius 3 is 2.63 bits per heavy atom. The van der Waals surface area contributed by atoms with Crippen LogP contribution in [0.5, 0.6) is 5.75 Å². The molecule has 0 radical (unpaired) electrons. The maximum absolute atomic E-state index is 10.0. The molecule has 19 heavy (non-hydrogen) atoms. The number of aliphatic hydroxyl groups excluding tert-OH is 1. The van der Waals surface area contributed by atoms with Crippen LogP contribution in [0.4, 0.5) is 0 Å². The normalized spacial score (nSPS) is 18.3. The summed E-state index contributed by atoms with van der Waals surface area (Å²) in [6.07, 6.45) is 3.43. The van der Waals surface area contributed by atoms with Crippen LogP contribution in [0.15, 0.2) is 18.2 Å². The van der Waals surface area contributed by atoms with Crippen molar-refractivity contribution in [1.82, 2.24) is 4.90 Å². The quantitative estimate of drug-likeness (QED) is 0.886. The van der Waals surface area contributed by atoms with Crippen molar-refractivity contribution in [2.75, 3.05) is 26.2 Å². The van der Waals surface area contributed by atoms with Crippen molar-refractivity contribution in [3.8, 4) is 5.75 Å². The van der Waals surface area contributed by atoms with E-state index >= 15 is 0 Å². The van der Waals surface area contributed by atoms with Crippen LogP contribution in [-0.2, 0) is 0 Å². The minimum absolute atomic E-state index is 0.375. The van der Waals surface area contributed by atoms with E-state index in [0.717, 1.165) is 30.9 Å². The summed E-state index contributed by atoms with van der Waals surface area (Å²) in [7, 11) is 0. The van der Waals surface area contributed by atoms with E-state index in [9.17, 15) is 5.11 Å². The minimum atomic E-state index is -0.404. The summed E-state index contributed by atoms with van der Waals surface area (Å²) < 4.78 is 5.72. The smallest absolute Gasteiger partial charge is 0.122 e. The third-order valence-electron chi connectivity index (χ3n) is 3.68. The first-order valence-corrected chi connectivity index (χ1v) is 7.25. The summed E-state index contributed by atoms with van der Waals surface area (Å²) >= 11 is 0. The molecule has 0 saturated carbocycles. The van der Waals surface area contributed by atoms with Gasteiger partial charge in [-0.05, 0) is 51.4 Å². The molecule has 1 aromatic rings. The van der Waals surface area contributed by atoms with Gasteiger partial charge in [-0.2, -0.15) is 0 Å². The molecule has 1 atom stereocenters. The zero-order chi connectivity index (χ0) is 13.7. The molecular weight excluding hydrogens is 238 g/mol. The van der Waals surface area contributed by atoms with E-state index in [0.29, 0.717) is 6.61 Å². The molecule has 0 unspecified atom stereocenters. The third kappa shape index (κ3) is 4.51. The largest absolute Gasteiger partial charge is 0.491 e. The van der Waals surface area contributed by atoms with Crippen LogP contribution in [-0.4, -0.2) is 42.4 Å². The maximum atomic E-state index is 10.0. The molecule has 1 heterocycles. The van der Waals surface area contributed by atoms with Crippen LogP contribution in [0, 0.1) is 13.8 Å². The van der Waals surface area contributed by atoms with E-state index < -0.39 is 6.10 Å². The van der Waals surface area contributed by atoms with Gasteiger partial charge in [-0.1, -0.05) is 24.1 Å². The van der Waals surface area contributed by atoms with Crippen molar-refractivity contribution in [1.29, 1.82) is 0 Å². The lowest BCUT2D eigenvalue weighted by molar-refractivity contribution is 0.0615. The summed E-state index contributed by atoms with van der Waals surface area (Å²) in [5.74, 6) is 0.878. The lowest BCUT2D eigenvalue weighted by Crippen LogP contribution is -2.38. The summed E-state index contributed by atoms with van der Waals surface area (Å²) in [6.45, 7) is 7.44. The summed E-state index contributed by atoms with van der Waals surface area (Å²) in [5, 5.41) is 10.0.